The van der Waals surface area contributed by atoms with Gasteiger partial charge in [-0.1, -0.05) is 27.2 Å². The summed E-state index contributed by atoms with van der Waals surface area (Å²) in [5.41, 5.74) is 11.0. The molecule has 0 bridgehead atoms. The van der Waals surface area contributed by atoms with Crippen molar-refractivity contribution < 1.29 is 0 Å². The average Bonchev–Trinajstić information content (AvgIpc) is 1.82. The maximum absolute atomic E-state index is 5.50. The third kappa shape index (κ3) is 10.5. The third-order valence-electron chi connectivity index (χ3n) is 1.86. The second-order valence-electron chi connectivity index (χ2n) is 3.53. The largest absolute Gasteiger partial charge is 0.316 e. The monoisotopic (exact) mass is 216 g/mol. The Morgan fingerprint density at radius 1 is 0.917 bits per heavy atom. The van der Waals surface area contributed by atoms with E-state index in [0.29, 0.717) is 5.92 Å². The third-order valence-corrected chi connectivity index (χ3v) is 1.86. The van der Waals surface area contributed by atoms with Crippen LogP contribution in [-0.4, -0.2) is 6.17 Å². The predicted molar refractivity (Wildman–Crippen MR) is 59.9 cm³/mol. The van der Waals surface area contributed by atoms with E-state index in [2.05, 4.69) is 20.8 Å². The zero-order valence-electron chi connectivity index (χ0n) is 8.12. The zero-order chi connectivity index (χ0) is 8.15. The number of hydrogen-bond donors (Lipinski definition) is 2. The van der Waals surface area contributed by atoms with Gasteiger partial charge in [0.15, 0.2) is 0 Å². The van der Waals surface area contributed by atoms with E-state index < -0.39 is 0 Å². The summed E-state index contributed by atoms with van der Waals surface area (Å²) < 4.78 is 0. The lowest BCUT2D eigenvalue weighted by Crippen LogP contribution is -2.37. The van der Waals surface area contributed by atoms with E-state index in [1.807, 2.05) is 0 Å². The summed E-state index contributed by atoms with van der Waals surface area (Å²) in [7, 11) is 0. The quantitative estimate of drug-likeness (QED) is 0.709. The highest BCUT2D eigenvalue weighted by molar-refractivity contribution is 5.85. The van der Waals surface area contributed by atoms with Crippen molar-refractivity contribution in [3.8, 4) is 0 Å². The molecule has 0 fully saturated rings. The first-order chi connectivity index (χ1) is 4.54. The maximum Gasteiger partial charge on any atom is 0.0547 e. The molecule has 0 radical (unpaired) electrons. The Morgan fingerprint density at radius 3 is 1.58 bits per heavy atom. The van der Waals surface area contributed by atoms with Crippen molar-refractivity contribution in [1.82, 2.24) is 0 Å². The molecule has 2 nitrogen and oxygen atoms in total. The van der Waals surface area contributed by atoms with Crippen molar-refractivity contribution in [2.75, 3.05) is 0 Å². The average molecular weight is 217 g/mol. The lowest BCUT2D eigenvalue weighted by molar-refractivity contribution is 0.392. The molecule has 0 heterocycles. The minimum atomic E-state index is -0.140. The van der Waals surface area contributed by atoms with Crippen LogP contribution in [0, 0.1) is 11.8 Å². The lowest BCUT2D eigenvalue weighted by Gasteiger charge is -2.15. The van der Waals surface area contributed by atoms with E-state index in [1.165, 1.54) is 6.42 Å². The van der Waals surface area contributed by atoms with Crippen LogP contribution >= 0.6 is 24.8 Å². The normalized spacial score (nSPS) is 12.2. The van der Waals surface area contributed by atoms with Crippen molar-refractivity contribution in [3.63, 3.8) is 0 Å². The molecule has 12 heavy (non-hydrogen) atoms. The molecule has 0 aromatic carbocycles. The highest BCUT2D eigenvalue weighted by Crippen LogP contribution is 2.11. The van der Waals surface area contributed by atoms with Crippen LogP contribution < -0.4 is 11.5 Å². The van der Waals surface area contributed by atoms with Crippen molar-refractivity contribution in [2.24, 2.45) is 23.3 Å². The zero-order valence-corrected chi connectivity index (χ0v) is 9.75. The second kappa shape index (κ2) is 9.59. The second-order valence-corrected chi connectivity index (χ2v) is 3.53. The molecule has 0 aliphatic carbocycles. The standard InChI is InChI=1S/C8H20N2.2ClH/c1-6(2)4-5-7(3)8(9)10;;/h6-8H,4-5,9-10H2,1-3H3;2*1H. The molecular formula is C8H22Cl2N2. The Kier molecular flexibility index (Phi) is 14.6. The first-order valence-electron chi connectivity index (χ1n) is 4.05. The van der Waals surface area contributed by atoms with Crippen LogP contribution in [0.1, 0.15) is 33.6 Å². The van der Waals surface area contributed by atoms with E-state index in [1.54, 1.807) is 0 Å². The van der Waals surface area contributed by atoms with Gasteiger partial charge >= 0.3 is 0 Å². The van der Waals surface area contributed by atoms with Crippen LogP contribution in [-0.2, 0) is 0 Å². The summed E-state index contributed by atoms with van der Waals surface area (Å²) in [5, 5.41) is 0. The van der Waals surface area contributed by atoms with E-state index in [-0.39, 0.29) is 31.0 Å². The van der Waals surface area contributed by atoms with Gasteiger partial charge < -0.3 is 11.5 Å². The van der Waals surface area contributed by atoms with Crippen LogP contribution in [0.2, 0.25) is 0 Å². The van der Waals surface area contributed by atoms with Gasteiger partial charge in [-0.05, 0) is 18.3 Å². The Bertz CT molecular complexity index is 87.1. The van der Waals surface area contributed by atoms with E-state index in [0.717, 1.165) is 12.3 Å². The van der Waals surface area contributed by atoms with Gasteiger partial charge in [0.1, 0.15) is 0 Å². The molecule has 0 amide bonds. The van der Waals surface area contributed by atoms with Gasteiger partial charge in [-0.25, -0.2) is 0 Å². The van der Waals surface area contributed by atoms with Crippen LogP contribution in [0.25, 0.3) is 0 Å². The molecule has 0 aliphatic heterocycles. The molecule has 4 heteroatoms. The molecule has 0 saturated heterocycles. The van der Waals surface area contributed by atoms with E-state index in [9.17, 15) is 0 Å². The fourth-order valence-corrected chi connectivity index (χ4v) is 0.789. The molecule has 0 aromatic heterocycles. The summed E-state index contributed by atoms with van der Waals surface area (Å²) in [6.45, 7) is 6.54. The van der Waals surface area contributed by atoms with Crippen molar-refractivity contribution >= 4 is 24.8 Å². The fraction of sp³-hybridized carbons (Fsp3) is 1.00. The SMILES string of the molecule is CC(C)CCC(C)C(N)N.Cl.Cl. The smallest absolute Gasteiger partial charge is 0.0547 e. The van der Waals surface area contributed by atoms with Crippen molar-refractivity contribution in [2.45, 2.75) is 39.8 Å². The Hall–Kier alpha value is 0.500. The summed E-state index contributed by atoms with van der Waals surface area (Å²) in [6.07, 6.45) is 2.24. The molecule has 0 spiro atoms. The number of hydrogen-bond acceptors (Lipinski definition) is 2. The summed E-state index contributed by atoms with van der Waals surface area (Å²) in [5.74, 6) is 1.23. The molecule has 0 rings (SSSR count). The molecule has 4 N–H and O–H groups in total. The molecular weight excluding hydrogens is 195 g/mol. The van der Waals surface area contributed by atoms with Crippen LogP contribution in [0.5, 0.6) is 0 Å². The van der Waals surface area contributed by atoms with Crippen LogP contribution in [0.4, 0.5) is 0 Å². The van der Waals surface area contributed by atoms with Crippen molar-refractivity contribution in [1.29, 1.82) is 0 Å². The van der Waals surface area contributed by atoms with Gasteiger partial charge in [-0.2, -0.15) is 0 Å². The summed E-state index contributed by atoms with van der Waals surface area (Å²) >= 11 is 0. The minimum absolute atomic E-state index is 0. The van der Waals surface area contributed by atoms with Crippen LogP contribution in [0.3, 0.4) is 0 Å². The fourth-order valence-electron chi connectivity index (χ4n) is 0.789. The Morgan fingerprint density at radius 2 is 1.33 bits per heavy atom. The predicted octanol–water partition coefficient (Wildman–Crippen LogP) is 2.15. The van der Waals surface area contributed by atoms with Crippen molar-refractivity contribution in [3.05, 3.63) is 0 Å². The molecule has 1 unspecified atom stereocenters. The topological polar surface area (TPSA) is 52.0 Å². The van der Waals surface area contributed by atoms with Crippen LogP contribution in [0.15, 0.2) is 0 Å². The highest BCUT2D eigenvalue weighted by atomic mass is 35.5. The molecule has 0 aliphatic rings. The lowest BCUT2D eigenvalue weighted by atomic mass is 9.98. The Labute approximate surface area is 88.3 Å². The first-order valence-corrected chi connectivity index (χ1v) is 4.05. The molecule has 78 valence electrons. The molecule has 0 saturated carbocycles. The van der Waals surface area contributed by atoms with Gasteiger partial charge in [-0.3, -0.25) is 0 Å². The number of halogens is 2. The first kappa shape index (κ1) is 18.3. The van der Waals surface area contributed by atoms with Gasteiger partial charge in [0, 0.05) is 0 Å². The van der Waals surface area contributed by atoms with Gasteiger partial charge in [0.25, 0.3) is 0 Å². The number of nitrogens with two attached hydrogens (primary N) is 2. The van der Waals surface area contributed by atoms with Gasteiger partial charge in [0.05, 0.1) is 6.17 Å². The summed E-state index contributed by atoms with van der Waals surface area (Å²) in [4.78, 5) is 0. The highest BCUT2D eigenvalue weighted by Gasteiger charge is 2.07. The molecule has 0 aromatic rings. The Balaban J connectivity index is -0.000000405. The van der Waals surface area contributed by atoms with E-state index >= 15 is 0 Å². The van der Waals surface area contributed by atoms with Gasteiger partial charge in [-0.15, -0.1) is 24.8 Å². The number of rotatable bonds is 4. The van der Waals surface area contributed by atoms with Gasteiger partial charge in [0.2, 0.25) is 0 Å². The summed E-state index contributed by atoms with van der Waals surface area (Å²) in [6, 6.07) is 0. The molecule has 1 atom stereocenters. The maximum atomic E-state index is 5.50. The minimum Gasteiger partial charge on any atom is -0.316 e. The van der Waals surface area contributed by atoms with E-state index in [4.69, 9.17) is 11.5 Å².